The van der Waals surface area contributed by atoms with Crippen molar-refractivity contribution in [2.75, 3.05) is 26.2 Å². The van der Waals surface area contributed by atoms with Gasteiger partial charge < -0.3 is 21.3 Å². The van der Waals surface area contributed by atoms with Gasteiger partial charge in [-0.2, -0.15) is 0 Å². The van der Waals surface area contributed by atoms with E-state index >= 15 is 0 Å². The van der Waals surface area contributed by atoms with Crippen molar-refractivity contribution in [1.82, 2.24) is 21.3 Å². The Morgan fingerprint density at radius 2 is 0.583 bits per heavy atom. The van der Waals surface area contributed by atoms with Gasteiger partial charge in [0.25, 0.3) is 0 Å². The third-order valence-corrected chi connectivity index (χ3v) is 4.93. The average molecular weight is 373 g/mol. The van der Waals surface area contributed by atoms with Crippen LogP contribution in [0.4, 0.5) is 0 Å². The fourth-order valence-corrected chi connectivity index (χ4v) is 3.26. The van der Waals surface area contributed by atoms with E-state index in [1.54, 1.807) is 0 Å². The Balaban J connectivity index is 2.16. The van der Waals surface area contributed by atoms with Crippen LogP contribution in [0.15, 0.2) is 0 Å². The molecule has 0 aliphatic carbocycles. The molecule has 0 atom stereocenters. The lowest BCUT2D eigenvalue weighted by Gasteiger charge is -2.12. The quantitative estimate of drug-likeness (QED) is 0.487. The van der Waals surface area contributed by atoms with Crippen LogP contribution in [-0.2, 0) is 0 Å². The van der Waals surface area contributed by atoms with Crippen molar-refractivity contribution in [2.45, 2.75) is 77.0 Å². The van der Waals surface area contributed by atoms with Crippen LogP contribution in [-0.4, -0.2) is 36.4 Å². The van der Waals surface area contributed by atoms with E-state index in [0.717, 1.165) is 36.4 Å². The lowest BCUT2D eigenvalue weighted by atomic mass is 10.1. The molecule has 4 N–H and O–H groups in total. The topological polar surface area (TPSA) is 48.1 Å². The first-order valence-electron chi connectivity index (χ1n) is 9.82. The van der Waals surface area contributed by atoms with E-state index < -0.39 is 0 Å². The van der Waals surface area contributed by atoms with E-state index in [1.807, 2.05) is 0 Å². The zero-order valence-electron chi connectivity index (χ0n) is 15.1. The van der Waals surface area contributed by atoms with E-state index in [1.165, 1.54) is 77.0 Å². The van der Waals surface area contributed by atoms with Crippen molar-refractivity contribution in [3.05, 3.63) is 0 Å². The second kappa shape index (κ2) is 15.9. The predicted molar refractivity (Wildman–Crippen MR) is 113 cm³/mol. The largest absolute Gasteiger partial charge is 0.363 e. The molecular weight excluding hydrogens is 336 g/mol. The molecule has 0 spiro atoms. The molecule has 0 saturated carbocycles. The Hall–Kier alpha value is -0.620. The van der Waals surface area contributed by atoms with Crippen LogP contribution in [0.2, 0.25) is 0 Å². The molecule has 24 heavy (non-hydrogen) atoms. The van der Waals surface area contributed by atoms with Crippen molar-refractivity contribution in [3.8, 4) is 0 Å². The summed E-state index contributed by atoms with van der Waals surface area (Å²) in [7, 11) is 0. The van der Waals surface area contributed by atoms with E-state index in [9.17, 15) is 0 Å². The highest BCUT2D eigenvalue weighted by Crippen LogP contribution is 2.05. The van der Waals surface area contributed by atoms with Crippen LogP contribution in [0.1, 0.15) is 77.0 Å². The van der Waals surface area contributed by atoms with E-state index in [0.29, 0.717) is 0 Å². The summed E-state index contributed by atoms with van der Waals surface area (Å²) in [4.78, 5) is 0. The van der Waals surface area contributed by atoms with E-state index in [4.69, 9.17) is 24.4 Å². The molecule has 0 radical (unpaired) electrons. The molecule has 1 heterocycles. The van der Waals surface area contributed by atoms with Crippen molar-refractivity contribution >= 4 is 34.7 Å². The van der Waals surface area contributed by atoms with Gasteiger partial charge in [-0.3, -0.25) is 0 Å². The zero-order valence-corrected chi connectivity index (χ0v) is 16.8. The van der Waals surface area contributed by atoms with Gasteiger partial charge >= 0.3 is 0 Å². The minimum atomic E-state index is 0.824. The number of thiocarbonyl (C=S) groups is 2. The summed E-state index contributed by atoms with van der Waals surface area (Å²) in [6, 6.07) is 0. The van der Waals surface area contributed by atoms with Crippen molar-refractivity contribution < 1.29 is 0 Å². The third kappa shape index (κ3) is 13.8. The molecule has 0 aromatic rings. The zero-order chi connectivity index (χ0) is 17.3. The standard InChI is InChI=1S/C18H36N4S2/c23-17-19-13-9-5-1-2-6-10-14-20-18(24)22-16-12-8-4-3-7-11-15-21-17/h1-16H2,(H2,19,21,23)(H2,20,22,24). The van der Waals surface area contributed by atoms with Crippen LogP contribution in [0.3, 0.4) is 0 Å². The van der Waals surface area contributed by atoms with E-state index in [2.05, 4.69) is 21.3 Å². The molecule has 0 unspecified atom stereocenters. The third-order valence-electron chi connectivity index (χ3n) is 4.35. The van der Waals surface area contributed by atoms with Gasteiger partial charge in [0.2, 0.25) is 0 Å². The summed E-state index contributed by atoms with van der Waals surface area (Å²) >= 11 is 10.6. The van der Waals surface area contributed by atoms with Crippen LogP contribution in [0, 0.1) is 0 Å². The normalized spacial score (nSPS) is 21.8. The molecule has 1 saturated heterocycles. The molecule has 4 nitrogen and oxygen atoms in total. The average Bonchev–Trinajstić information content (AvgIpc) is 2.57. The second-order valence-electron chi connectivity index (χ2n) is 6.61. The molecule has 1 aliphatic rings. The first-order chi connectivity index (χ1) is 11.8. The summed E-state index contributed by atoms with van der Waals surface area (Å²) < 4.78 is 0. The minimum Gasteiger partial charge on any atom is -0.363 e. The summed E-state index contributed by atoms with van der Waals surface area (Å²) in [5.41, 5.74) is 0. The summed E-state index contributed by atoms with van der Waals surface area (Å²) in [5, 5.41) is 14.9. The highest BCUT2D eigenvalue weighted by atomic mass is 32.1. The Bertz CT molecular complexity index is 277. The first kappa shape index (κ1) is 21.4. The molecule has 1 aliphatic heterocycles. The second-order valence-corrected chi connectivity index (χ2v) is 7.42. The van der Waals surface area contributed by atoms with Gasteiger partial charge in [-0.05, 0) is 50.1 Å². The molecule has 1 rings (SSSR count). The first-order valence-corrected chi connectivity index (χ1v) is 10.6. The lowest BCUT2D eigenvalue weighted by molar-refractivity contribution is 0.573. The van der Waals surface area contributed by atoms with Crippen LogP contribution < -0.4 is 21.3 Å². The molecule has 1 fully saturated rings. The maximum absolute atomic E-state index is 5.31. The van der Waals surface area contributed by atoms with Gasteiger partial charge in [0.1, 0.15) is 0 Å². The number of nitrogens with one attached hydrogen (secondary N) is 4. The number of rotatable bonds is 0. The Kier molecular flexibility index (Phi) is 14.2. The summed E-state index contributed by atoms with van der Waals surface area (Å²) in [6.45, 7) is 3.97. The van der Waals surface area contributed by atoms with Gasteiger partial charge in [-0.25, -0.2) is 0 Å². The SMILES string of the molecule is S=C1NCCCCCCCCNC(=S)NCCCCCCCCN1. The molecule has 140 valence electrons. The molecule has 6 heteroatoms. The number of hydrogen-bond acceptors (Lipinski definition) is 2. The van der Waals surface area contributed by atoms with Gasteiger partial charge in [-0.15, -0.1) is 0 Å². The number of hydrogen-bond donors (Lipinski definition) is 4. The van der Waals surface area contributed by atoms with Gasteiger partial charge in [0.15, 0.2) is 10.2 Å². The fourth-order valence-electron chi connectivity index (χ4n) is 2.85. The van der Waals surface area contributed by atoms with E-state index in [-0.39, 0.29) is 0 Å². The summed E-state index contributed by atoms with van der Waals surface area (Å²) in [5.74, 6) is 0. The Morgan fingerprint density at radius 3 is 0.833 bits per heavy atom. The smallest absolute Gasteiger partial charge is 0.166 e. The molecule has 0 amide bonds. The lowest BCUT2D eigenvalue weighted by Crippen LogP contribution is -2.36. The minimum absolute atomic E-state index is 0.824. The molecule has 0 aromatic carbocycles. The highest BCUT2D eigenvalue weighted by molar-refractivity contribution is 7.80. The van der Waals surface area contributed by atoms with Crippen molar-refractivity contribution in [2.24, 2.45) is 0 Å². The predicted octanol–water partition coefficient (Wildman–Crippen LogP) is 3.61. The highest BCUT2D eigenvalue weighted by Gasteiger charge is 1.98. The van der Waals surface area contributed by atoms with Gasteiger partial charge in [0.05, 0.1) is 0 Å². The van der Waals surface area contributed by atoms with Crippen molar-refractivity contribution in [1.29, 1.82) is 0 Å². The van der Waals surface area contributed by atoms with Crippen molar-refractivity contribution in [3.63, 3.8) is 0 Å². The van der Waals surface area contributed by atoms with Gasteiger partial charge in [0, 0.05) is 26.2 Å². The summed E-state index contributed by atoms with van der Waals surface area (Å²) in [6.07, 6.45) is 15.2. The monoisotopic (exact) mass is 372 g/mol. The van der Waals surface area contributed by atoms with Gasteiger partial charge in [-0.1, -0.05) is 51.4 Å². The maximum Gasteiger partial charge on any atom is 0.166 e. The molecular formula is C18H36N4S2. The molecule has 0 aromatic heterocycles. The maximum atomic E-state index is 5.31. The fraction of sp³-hybridized carbons (Fsp3) is 0.889. The Morgan fingerprint density at radius 1 is 0.375 bits per heavy atom. The van der Waals surface area contributed by atoms with Crippen LogP contribution in [0.5, 0.6) is 0 Å². The molecule has 0 bridgehead atoms. The van der Waals surface area contributed by atoms with Crippen LogP contribution in [0.25, 0.3) is 0 Å². The van der Waals surface area contributed by atoms with Crippen LogP contribution >= 0.6 is 24.4 Å². The Labute approximate surface area is 159 Å².